The van der Waals surface area contributed by atoms with Crippen LogP contribution in [-0.2, 0) is 15.9 Å². The molecule has 34 heavy (non-hydrogen) atoms. The van der Waals surface area contributed by atoms with Gasteiger partial charge >= 0.3 is 0 Å². The van der Waals surface area contributed by atoms with Crippen LogP contribution in [0.1, 0.15) is 18.9 Å². The van der Waals surface area contributed by atoms with Crippen molar-refractivity contribution in [1.29, 1.82) is 0 Å². The van der Waals surface area contributed by atoms with Gasteiger partial charge in [0.05, 0.1) is 30.9 Å². The van der Waals surface area contributed by atoms with E-state index in [0.29, 0.717) is 49.0 Å². The van der Waals surface area contributed by atoms with E-state index in [1.807, 2.05) is 22.8 Å². The topological polar surface area (TPSA) is 160 Å². The third-order valence-corrected chi connectivity index (χ3v) is 6.61. The SMILES string of the molecule is C[C@@H](COCN1CN([C@H]2CC(O)[C@@H](CO)O2)c2ncnc(N)c21)Cc1ccc(I)cc1[N+](=O)[O-]. The van der Waals surface area contributed by atoms with Crippen molar-refractivity contribution in [3.05, 3.63) is 43.8 Å². The zero-order valence-electron chi connectivity index (χ0n) is 18.6. The molecule has 2 aliphatic rings. The van der Waals surface area contributed by atoms with E-state index in [0.717, 1.165) is 3.57 Å². The average molecular weight is 586 g/mol. The molecule has 13 heteroatoms. The number of fused-ring (bicyclic) bond motifs is 1. The molecule has 4 atom stereocenters. The molecule has 12 nitrogen and oxygen atoms in total. The van der Waals surface area contributed by atoms with Crippen LogP contribution in [0.3, 0.4) is 0 Å². The maximum atomic E-state index is 11.4. The standard InChI is InChI=1S/C21H27IN6O6/c1-12(4-13-2-3-14(22)5-15(13)28(31)32)8-33-11-26-10-27(18-6-16(30)17(7-29)34-18)21-19(26)20(23)24-9-25-21/h2-3,5,9,12,16-18,29-30H,4,6-8,10-11H2,1H3,(H2,23,24,25)/t12-,16?,17-,18-/m1/s1. The Bertz CT molecular complexity index is 1040. The van der Waals surface area contributed by atoms with Crippen LogP contribution in [0.2, 0.25) is 0 Å². The molecule has 1 aromatic heterocycles. The van der Waals surface area contributed by atoms with E-state index in [9.17, 15) is 20.3 Å². The van der Waals surface area contributed by atoms with Gasteiger partial charge in [0.15, 0.2) is 11.6 Å². The molecule has 1 unspecified atom stereocenters. The van der Waals surface area contributed by atoms with E-state index in [2.05, 4.69) is 32.6 Å². The summed E-state index contributed by atoms with van der Waals surface area (Å²) in [4.78, 5) is 23.2. The molecule has 0 spiro atoms. The molecule has 1 saturated heterocycles. The number of anilines is 3. The highest BCUT2D eigenvalue weighted by molar-refractivity contribution is 14.1. The number of ether oxygens (including phenoxy) is 2. The average Bonchev–Trinajstić information content (AvgIpc) is 3.35. The molecule has 0 radical (unpaired) electrons. The molecule has 4 rings (SSSR count). The lowest BCUT2D eigenvalue weighted by Crippen LogP contribution is -2.40. The first-order valence-electron chi connectivity index (χ1n) is 10.9. The fraction of sp³-hybridized carbons (Fsp3) is 0.524. The fourth-order valence-corrected chi connectivity index (χ4v) is 4.78. The molecule has 2 aromatic rings. The maximum absolute atomic E-state index is 11.4. The molecule has 4 N–H and O–H groups in total. The summed E-state index contributed by atoms with van der Waals surface area (Å²) in [6.07, 6.45) is 0.326. The fourth-order valence-electron chi connectivity index (χ4n) is 4.30. The summed E-state index contributed by atoms with van der Waals surface area (Å²) in [6, 6.07) is 5.22. The number of halogens is 1. The van der Waals surface area contributed by atoms with E-state index in [1.54, 1.807) is 12.1 Å². The van der Waals surface area contributed by atoms with E-state index in [4.69, 9.17) is 15.2 Å². The Morgan fingerprint density at radius 1 is 1.44 bits per heavy atom. The summed E-state index contributed by atoms with van der Waals surface area (Å²) in [5.74, 6) is 0.922. The number of nitrogens with two attached hydrogens (primary N) is 1. The Kier molecular flexibility index (Phi) is 7.67. The van der Waals surface area contributed by atoms with Gasteiger partial charge < -0.3 is 35.2 Å². The third kappa shape index (κ3) is 5.17. The Morgan fingerprint density at radius 3 is 2.94 bits per heavy atom. The number of hydrogen-bond donors (Lipinski definition) is 3. The van der Waals surface area contributed by atoms with Gasteiger partial charge in [0.25, 0.3) is 5.69 Å². The van der Waals surface area contributed by atoms with Gasteiger partial charge in [-0.15, -0.1) is 0 Å². The van der Waals surface area contributed by atoms with Gasteiger partial charge in [-0.1, -0.05) is 13.0 Å². The molecule has 0 saturated carbocycles. The van der Waals surface area contributed by atoms with Gasteiger partial charge in [0, 0.05) is 21.6 Å². The molecule has 3 heterocycles. The second kappa shape index (κ2) is 10.5. The number of benzene rings is 1. The molecule has 1 fully saturated rings. The number of nitrogens with zero attached hydrogens (tertiary/aromatic N) is 5. The molecular formula is C21H27IN6O6. The minimum Gasteiger partial charge on any atom is -0.394 e. The number of nitrogen functional groups attached to an aromatic ring is 1. The van der Waals surface area contributed by atoms with Gasteiger partial charge in [-0.25, -0.2) is 9.97 Å². The Labute approximate surface area is 210 Å². The number of aliphatic hydroxyl groups excluding tert-OH is 2. The highest BCUT2D eigenvalue weighted by atomic mass is 127. The van der Waals surface area contributed by atoms with Crippen LogP contribution >= 0.6 is 22.6 Å². The smallest absolute Gasteiger partial charge is 0.273 e. The minimum absolute atomic E-state index is 0.0416. The Morgan fingerprint density at radius 2 is 2.24 bits per heavy atom. The number of aliphatic hydroxyl groups is 2. The van der Waals surface area contributed by atoms with Crippen molar-refractivity contribution < 1.29 is 24.6 Å². The molecular weight excluding hydrogens is 559 g/mol. The second-order valence-electron chi connectivity index (χ2n) is 8.54. The normalized spacial score (nSPS) is 22.8. The lowest BCUT2D eigenvalue weighted by molar-refractivity contribution is -0.385. The lowest BCUT2D eigenvalue weighted by Gasteiger charge is -2.26. The van der Waals surface area contributed by atoms with Crippen LogP contribution in [0, 0.1) is 19.6 Å². The highest BCUT2D eigenvalue weighted by Gasteiger charge is 2.42. The van der Waals surface area contributed by atoms with Gasteiger partial charge in [0.1, 0.15) is 31.1 Å². The van der Waals surface area contributed by atoms with Crippen molar-refractivity contribution in [3.8, 4) is 0 Å². The summed E-state index contributed by atoms with van der Waals surface area (Å²) < 4.78 is 12.6. The number of nitro benzene ring substituents is 1. The summed E-state index contributed by atoms with van der Waals surface area (Å²) in [7, 11) is 0. The zero-order valence-corrected chi connectivity index (χ0v) is 20.7. The molecule has 1 aromatic carbocycles. The van der Waals surface area contributed by atoms with Crippen LogP contribution in [0.5, 0.6) is 0 Å². The lowest BCUT2D eigenvalue weighted by atomic mass is 10.0. The van der Waals surface area contributed by atoms with Crippen LogP contribution in [0.15, 0.2) is 24.5 Å². The van der Waals surface area contributed by atoms with E-state index in [-0.39, 0.29) is 29.9 Å². The summed E-state index contributed by atoms with van der Waals surface area (Å²) in [5.41, 5.74) is 7.54. The molecule has 0 amide bonds. The van der Waals surface area contributed by atoms with Gasteiger partial charge in [-0.2, -0.15) is 0 Å². The highest BCUT2D eigenvalue weighted by Crippen LogP contribution is 2.40. The summed E-state index contributed by atoms with van der Waals surface area (Å²) in [5, 5.41) is 30.9. The van der Waals surface area contributed by atoms with Gasteiger partial charge in [-0.3, -0.25) is 10.1 Å². The van der Waals surface area contributed by atoms with Crippen molar-refractivity contribution in [1.82, 2.24) is 9.97 Å². The van der Waals surface area contributed by atoms with Crippen molar-refractivity contribution in [3.63, 3.8) is 0 Å². The van der Waals surface area contributed by atoms with E-state index in [1.165, 1.54) is 6.33 Å². The zero-order chi connectivity index (χ0) is 24.4. The quantitative estimate of drug-likeness (QED) is 0.222. The number of hydrogen-bond acceptors (Lipinski definition) is 11. The van der Waals surface area contributed by atoms with Crippen LogP contribution in [0.25, 0.3) is 0 Å². The predicted octanol–water partition coefficient (Wildman–Crippen LogP) is 1.48. The summed E-state index contributed by atoms with van der Waals surface area (Å²) in [6.45, 7) is 2.66. The van der Waals surface area contributed by atoms with Gasteiger partial charge in [-0.05, 0) is 41.0 Å². The first-order valence-corrected chi connectivity index (χ1v) is 11.9. The number of aromatic nitrogens is 2. The minimum atomic E-state index is -0.769. The Balaban J connectivity index is 1.39. The van der Waals surface area contributed by atoms with Crippen molar-refractivity contribution in [2.24, 2.45) is 5.92 Å². The monoisotopic (exact) mass is 586 g/mol. The Hall–Kier alpha value is -2.33. The first-order chi connectivity index (χ1) is 16.3. The summed E-state index contributed by atoms with van der Waals surface area (Å²) >= 11 is 2.06. The maximum Gasteiger partial charge on any atom is 0.273 e. The van der Waals surface area contributed by atoms with Crippen LogP contribution < -0.4 is 15.5 Å². The number of rotatable bonds is 9. The molecule has 0 aliphatic carbocycles. The van der Waals surface area contributed by atoms with E-state index < -0.39 is 18.4 Å². The predicted molar refractivity (Wildman–Crippen MR) is 132 cm³/mol. The first kappa shape index (κ1) is 24.8. The largest absolute Gasteiger partial charge is 0.394 e. The van der Waals surface area contributed by atoms with Crippen LogP contribution in [-0.4, -0.2) is 70.2 Å². The third-order valence-electron chi connectivity index (χ3n) is 5.94. The second-order valence-corrected chi connectivity index (χ2v) is 9.78. The van der Waals surface area contributed by atoms with Crippen molar-refractivity contribution in [2.75, 3.05) is 42.1 Å². The van der Waals surface area contributed by atoms with Crippen molar-refractivity contribution >= 4 is 45.6 Å². The van der Waals surface area contributed by atoms with Gasteiger partial charge in [0.2, 0.25) is 0 Å². The molecule has 184 valence electrons. The molecule has 2 aliphatic heterocycles. The van der Waals surface area contributed by atoms with Crippen LogP contribution in [0.4, 0.5) is 23.0 Å². The van der Waals surface area contributed by atoms with E-state index >= 15 is 0 Å². The van der Waals surface area contributed by atoms with Crippen molar-refractivity contribution in [2.45, 2.75) is 38.2 Å². The molecule has 0 bridgehead atoms. The number of nitro groups is 1.